The molecule has 0 fully saturated rings. The van der Waals surface area contributed by atoms with Gasteiger partial charge >= 0.3 is 17.3 Å². The Morgan fingerprint density at radius 1 is 1.19 bits per heavy atom. The average molecular weight is 372 g/mol. The first-order valence-corrected chi connectivity index (χ1v) is 8.76. The van der Waals surface area contributed by atoms with Crippen LogP contribution in [-0.4, -0.2) is 39.1 Å². The van der Waals surface area contributed by atoms with Crippen molar-refractivity contribution in [3.63, 3.8) is 0 Å². The van der Waals surface area contributed by atoms with Gasteiger partial charge in [0.15, 0.2) is 5.52 Å². The van der Waals surface area contributed by atoms with Crippen molar-refractivity contribution >= 4 is 28.2 Å². The molecule has 4 N–H and O–H groups in total. The molecule has 2 heterocycles. The first-order valence-electron chi connectivity index (χ1n) is 8.76. The number of aromatic amines is 2. The zero-order valence-electron chi connectivity index (χ0n) is 15.3. The summed E-state index contributed by atoms with van der Waals surface area (Å²) in [5, 5.41) is 11.9. The molecule has 0 radical (unpaired) electrons. The molecule has 0 aliphatic heterocycles. The molecular weight excluding hydrogens is 350 g/mol. The Labute approximate surface area is 154 Å². The number of carbonyl (C=O) groups is 1. The van der Waals surface area contributed by atoms with E-state index in [1.807, 2.05) is 30.5 Å². The average Bonchev–Trinajstić information content (AvgIpc) is 2.59. The van der Waals surface area contributed by atoms with Gasteiger partial charge < -0.3 is 10.4 Å². The van der Waals surface area contributed by atoms with Gasteiger partial charge in [-0.25, -0.2) is 14.3 Å². The normalized spacial score (nSPS) is 11.3. The predicted octanol–water partition coefficient (Wildman–Crippen LogP) is 0.123. The molecule has 0 aliphatic carbocycles. The lowest BCUT2D eigenvalue weighted by Gasteiger charge is -2.10. The molecule has 0 saturated heterocycles. The highest BCUT2D eigenvalue weighted by molar-refractivity contribution is 5.80. The standard InChI is InChI=1S/C18H21N5O4/c1-10-8-12-13(9-11(10)2)23(7-6-19-5-3-4-14(24)25)16-15(20-12)17(26)22-18(27)21-16/h8-9,19H,3-7H2,1-2H3,(H2,22,24,25,26,27)/p+1. The quantitative estimate of drug-likeness (QED) is 0.265. The van der Waals surface area contributed by atoms with Gasteiger partial charge in [0.1, 0.15) is 12.1 Å². The smallest absolute Gasteiger partial charge is 0.413 e. The fourth-order valence-electron chi connectivity index (χ4n) is 3.01. The van der Waals surface area contributed by atoms with Crippen LogP contribution in [-0.2, 0) is 11.3 Å². The summed E-state index contributed by atoms with van der Waals surface area (Å²) in [7, 11) is 0. The molecule has 3 rings (SSSR count). The minimum absolute atomic E-state index is 0.114. The number of nitrogens with one attached hydrogen (secondary N) is 3. The van der Waals surface area contributed by atoms with Gasteiger partial charge in [-0.15, -0.1) is 0 Å². The van der Waals surface area contributed by atoms with E-state index in [4.69, 9.17) is 5.11 Å². The molecule has 0 saturated carbocycles. The molecule has 9 nitrogen and oxygen atoms in total. The van der Waals surface area contributed by atoms with E-state index in [1.165, 1.54) is 0 Å². The number of aliphatic carboxylic acids is 1. The number of hydrogen-bond donors (Lipinski definition) is 4. The number of rotatable bonds is 7. The van der Waals surface area contributed by atoms with E-state index in [2.05, 4.69) is 20.3 Å². The van der Waals surface area contributed by atoms with Crippen LogP contribution in [0.4, 0.5) is 0 Å². The molecule has 27 heavy (non-hydrogen) atoms. The second-order valence-electron chi connectivity index (χ2n) is 6.54. The molecule has 2 aromatic heterocycles. The van der Waals surface area contributed by atoms with Crippen molar-refractivity contribution in [3.8, 4) is 0 Å². The Hall–Kier alpha value is -3.07. The zero-order chi connectivity index (χ0) is 19.6. The third kappa shape index (κ3) is 4.03. The third-order valence-corrected chi connectivity index (χ3v) is 4.54. The summed E-state index contributed by atoms with van der Waals surface area (Å²) in [5.74, 6) is -0.819. The van der Waals surface area contributed by atoms with E-state index >= 15 is 0 Å². The Bertz CT molecular complexity index is 1130. The Kier molecular flexibility index (Phi) is 5.31. The number of nitrogens with zero attached hydrogens (tertiary/aromatic N) is 2. The lowest BCUT2D eigenvalue weighted by Crippen LogP contribution is -2.44. The van der Waals surface area contributed by atoms with Gasteiger partial charge in [0.05, 0.1) is 0 Å². The van der Waals surface area contributed by atoms with Gasteiger partial charge in [-0.05, 0) is 50.1 Å². The number of aryl methyl sites for hydroxylation is 2. The summed E-state index contributed by atoms with van der Waals surface area (Å²) >= 11 is 0. The lowest BCUT2D eigenvalue weighted by atomic mass is 10.1. The predicted molar refractivity (Wildman–Crippen MR) is 99.9 cm³/mol. The monoisotopic (exact) mass is 372 g/mol. The highest BCUT2D eigenvalue weighted by Gasteiger charge is 2.19. The summed E-state index contributed by atoms with van der Waals surface area (Å²) in [6.45, 7) is 5.59. The minimum atomic E-state index is -0.819. The summed E-state index contributed by atoms with van der Waals surface area (Å²) in [4.78, 5) is 43.9. The van der Waals surface area contributed by atoms with Crippen LogP contribution in [0.2, 0.25) is 0 Å². The molecule has 1 aromatic carbocycles. The van der Waals surface area contributed by atoms with E-state index in [-0.39, 0.29) is 11.9 Å². The number of aromatic nitrogens is 4. The first-order chi connectivity index (χ1) is 12.9. The molecule has 0 unspecified atom stereocenters. The summed E-state index contributed by atoms with van der Waals surface area (Å²) < 4.78 is 1.87. The fraction of sp³-hybridized carbons (Fsp3) is 0.389. The van der Waals surface area contributed by atoms with Gasteiger partial charge in [-0.1, -0.05) is 0 Å². The number of carboxylic acid groups (broad SMARTS) is 1. The van der Waals surface area contributed by atoms with E-state index in [1.54, 1.807) is 0 Å². The fourth-order valence-corrected chi connectivity index (χ4v) is 3.01. The van der Waals surface area contributed by atoms with Gasteiger partial charge in [0.25, 0.3) is 5.56 Å². The largest absolute Gasteiger partial charge is 0.481 e. The molecule has 9 heteroatoms. The zero-order valence-corrected chi connectivity index (χ0v) is 15.3. The number of H-pyrrole nitrogens is 2. The van der Waals surface area contributed by atoms with Gasteiger partial charge in [-0.2, -0.15) is 4.98 Å². The van der Waals surface area contributed by atoms with Crippen LogP contribution in [0.5, 0.6) is 0 Å². The molecule has 0 bridgehead atoms. The number of hydrogen-bond acceptors (Lipinski definition) is 5. The summed E-state index contributed by atoms with van der Waals surface area (Å²) in [6.07, 6.45) is 0.648. The van der Waals surface area contributed by atoms with Crippen molar-refractivity contribution in [3.05, 3.63) is 44.1 Å². The first kappa shape index (κ1) is 18.7. The molecule has 0 aliphatic rings. The minimum Gasteiger partial charge on any atom is -0.481 e. The van der Waals surface area contributed by atoms with Gasteiger partial charge in [0.2, 0.25) is 5.52 Å². The maximum Gasteiger partial charge on any atom is 0.413 e. The van der Waals surface area contributed by atoms with Crippen LogP contribution in [0.3, 0.4) is 0 Å². The Balaban J connectivity index is 2.01. The van der Waals surface area contributed by atoms with Crippen LogP contribution in [0.25, 0.3) is 22.2 Å². The Morgan fingerprint density at radius 2 is 1.93 bits per heavy atom. The van der Waals surface area contributed by atoms with E-state index in [0.29, 0.717) is 37.2 Å². The van der Waals surface area contributed by atoms with Crippen molar-refractivity contribution < 1.29 is 14.5 Å². The second kappa shape index (κ2) is 7.67. The van der Waals surface area contributed by atoms with Gasteiger partial charge in [-0.3, -0.25) is 14.6 Å². The molecule has 142 valence electrons. The van der Waals surface area contributed by atoms with Crippen molar-refractivity contribution in [2.75, 3.05) is 13.1 Å². The third-order valence-electron chi connectivity index (χ3n) is 4.54. The van der Waals surface area contributed by atoms with Gasteiger partial charge in [0, 0.05) is 13.0 Å². The molecule has 3 aromatic rings. The molecule has 0 atom stereocenters. The summed E-state index contributed by atoms with van der Waals surface area (Å²) in [6, 6.07) is 3.91. The maximum absolute atomic E-state index is 12.2. The number of fused-ring (bicyclic) bond motifs is 2. The van der Waals surface area contributed by atoms with Crippen LogP contribution >= 0.6 is 0 Å². The van der Waals surface area contributed by atoms with Crippen LogP contribution in [0.1, 0.15) is 24.0 Å². The summed E-state index contributed by atoms with van der Waals surface area (Å²) in [5.41, 5.74) is 3.07. The second-order valence-corrected chi connectivity index (χ2v) is 6.54. The van der Waals surface area contributed by atoms with Crippen molar-refractivity contribution in [2.24, 2.45) is 0 Å². The van der Waals surface area contributed by atoms with E-state index in [9.17, 15) is 14.4 Å². The number of benzene rings is 1. The van der Waals surface area contributed by atoms with Crippen molar-refractivity contribution in [1.82, 2.24) is 20.3 Å². The van der Waals surface area contributed by atoms with Crippen LogP contribution in [0, 0.1) is 13.8 Å². The highest BCUT2D eigenvalue weighted by atomic mass is 16.4. The van der Waals surface area contributed by atoms with E-state index in [0.717, 1.165) is 16.6 Å². The van der Waals surface area contributed by atoms with Crippen LogP contribution < -0.4 is 21.1 Å². The topological polar surface area (TPSA) is 132 Å². The SMILES string of the molecule is Cc1cc2nc3c(=O)[nH]c(=O)[nH]c3[n+](CCNCCCC(=O)O)c2cc1C. The highest BCUT2D eigenvalue weighted by Crippen LogP contribution is 2.16. The lowest BCUT2D eigenvalue weighted by molar-refractivity contribution is -0.645. The van der Waals surface area contributed by atoms with Crippen molar-refractivity contribution in [1.29, 1.82) is 0 Å². The van der Waals surface area contributed by atoms with Crippen LogP contribution in [0.15, 0.2) is 21.7 Å². The number of carboxylic acids is 1. The Morgan fingerprint density at radius 3 is 2.67 bits per heavy atom. The molecular formula is C18H22N5O4+. The maximum atomic E-state index is 12.2. The van der Waals surface area contributed by atoms with E-state index < -0.39 is 17.2 Å². The molecule has 0 spiro atoms. The van der Waals surface area contributed by atoms with Crippen molar-refractivity contribution in [2.45, 2.75) is 33.2 Å². The molecule has 0 amide bonds.